The predicted octanol–water partition coefficient (Wildman–Crippen LogP) is 5.52. The maximum atomic E-state index is 14.3. The molecule has 1 saturated heterocycles. The van der Waals surface area contributed by atoms with Crippen molar-refractivity contribution in [3.63, 3.8) is 0 Å². The van der Waals surface area contributed by atoms with E-state index in [1.54, 1.807) is 12.1 Å². The van der Waals surface area contributed by atoms with Gasteiger partial charge in [-0.05, 0) is 60.4 Å². The van der Waals surface area contributed by atoms with Crippen LogP contribution in [0.5, 0.6) is 0 Å². The van der Waals surface area contributed by atoms with Crippen LogP contribution in [-0.4, -0.2) is 50.7 Å². The number of hydrogen-bond acceptors (Lipinski definition) is 3. The Morgan fingerprint density at radius 3 is 2.21 bits per heavy atom. The maximum absolute atomic E-state index is 14.3. The lowest BCUT2D eigenvalue weighted by molar-refractivity contribution is 0.262. The summed E-state index contributed by atoms with van der Waals surface area (Å²) in [7, 11) is 0. The second-order valence-electron chi connectivity index (χ2n) is 9.10. The van der Waals surface area contributed by atoms with Crippen LogP contribution in [-0.2, 0) is 0 Å². The van der Waals surface area contributed by atoms with Gasteiger partial charge < -0.3 is 9.80 Å². The molecule has 3 aromatic rings. The molecule has 0 aromatic heterocycles. The summed E-state index contributed by atoms with van der Waals surface area (Å²) in [5, 5.41) is 0. The van der Waals surface area contributed by atoms with E-state index < -0.39 is 0 Å². The van der Waals surface area contributed by atoms with Gasteiger partial charge in [-0.1, -0.05) is 36.4 Å². The molecular formula is C28H31F2N3. The molecule has 2 heterocycles. The van der Waals surface area contributed by atoms with Crippen molar-refractivity contribution < 1.29 is 8.78 Å². The van der Waals surface area contributed by atoms with Gasteiger partial charge in [-0.3, -0.25) is 4.90 Å². The Labute approximate surface area is 195 Å². The molecule has 5 rings (SSSR count). The molecule has 0 N–H and O–H groups in total. The summed E-state index contributed by atoms with van der Waals surface area (Å²) >= 11 is 0. The van der Waals surface area contributed by atoms with Crippen molar-refractivity contribution in [1.29, 1.82) is 0 Å². The van der Waals surface area contributed by atoms with Gasteiger partial charge in [0, 0.05) is 63.1 Å². The summed E-state index contributed by atoms with van der Waals surface area (Å²) in [6.45, 7) is 6.91. The number of benzene rings is 3. The van der Waals surface area contributed by atoms with Crippen molar-refractivity contribution in [2.45, 2.75) is 18.8 Å². The number of anilines is 2. The summed E-state index contributed by atoms with van der Waals surface area (Å²) in [6, 6.07) is 22.6. The van der Waals surface area contributed by atoms with Crippen LogP contribution in [0.2, 0.25) is 0 Å². The fourth-order valence-electron chi connectivity index (χ4n) is 5.25. The number of hydrogen-bond donors (Lipinski definition) is 0. The second kappa shape index (κ2) is 9.92. The van der Waals surface area contributed by atoms with Crippen LogP contribution in [0.3, 0.4) is 0 Å². The molecule has 5 heteroatoms. The lowest BCUT2D eigenvalue weighted by Gasteiger charge is -2.37. The van der Waals surface area contributed by atoms with E-state index in [1.165, 1.54) is 17.8 Å². The molecule has 0 bridgehead atoms. The van der Waals surface area contributed by atoms with E-state index >= 15 is 0 Å². The number of rotatable bonds is 5. The summed E-state index contributed by atoms with van der Waals surface area (Å²) in [5.41, 5.74) is 4.53. The third kappa shape index (κ3) is 5.03. The standard InChI is InChI=1S/C28H31F2N3/c29-23-10-8-22(9-11-23)26-7-4-14-33(28-21-24(30)12-13-27(26)28)20-17-31-15-18-32(19-16-31)25-5-2-1-3-6-25/h1-3,5-6,8-13,21,26H,4,7,14-20H2. The number of para-hydroxylation sites is 1. The predicted molar refractivity (Wildman–Crippen MR) is 131 cm³/mol. The summed E-state index contributed by atoms with van der Waals surface area (Å²) in [6.07, 6.45) is 2.01. The van der Waals surface area contributed by atoms with Gasteiger partial charge in [-0.15, -0.1) is 0 Å². The molecule has 0 saturated carbocycles. The van der Waals surface area contributed by atoms with Crippen molar-refractivity contribution in [2.75, 3.05) is 55.6 Å². The molecule has 0 radical (unpaired) electrons. The van der Waals surface area contributed by atoms with Crippen molar-refractivity contribution in [1.82, 2.24) is 4.90 Å². The third-order valence-electron chi connectivity index (χ3n) is 7.08. The first-order valence-corrected chi connectivity index (χ1v) is 12.0. The first kappa shape index (κ1) is 21.9. The molecule has 172 valence electrons. The minimum atomic E-state index is -0.222. The fraction of sp³-hybridized carbons (Fsp3) is 0.357. The highest BCUT2D eigenvalue weighted by molar-refractivity contribution is 5.58. The molecule has 0 spiro atoms. The quantitative estimate of drug-likeness (QED) is 0.510. The summed E-state index contributed by atoms with van der Waals surface area (Å²) in [5.74, 6) is -0.253. The highest BCUT2D eigenvalue weighted by atomic mass is 19.1. The van der Waals surface area contributed by atoms with E-state index in [1.807, 2.05) is 18.2 Å². The van der Waals surface area contributed by atoms with Crippen LogP contribution in [0, 0.1) is 11.6 Å². The monoisotopic (exact) mass is 447 g/mol. The van der Waals surface area contributed by atoms with Crippen molar-refractivity contribution in [3.8, 4) is 0 Å². The van der Waals surface area contributed by atoms with Gasteiger partial charge in [0.1, 0.15) is 11.6 Å². The Balaban J connectivity index is 1.27. The Hall–Kier alpha value is -2.92. The first-order chi connectivity index (χ1) is 16.2. The molecule has 0 amide bonds. The smallest absolute Gasteiger partial charge is 0.125 e. The molecule has 2 aliphatic heterocycles. The molecule has 33 heavy (non-hydrogen) atoms. The van der Waals surface area contributed by atoms with E-state index in [0.717, 1.165) is 75.5 Å². The zero-order valence-electron chi connectivity index (χ0n) is 19.0. The van der Waals surface area contributed by atoms with Gasteiger partial charge in [0.25, 0.3) is 0 Å². The minimum absolute atomic E-state index is 0.167. The van der Waals surface area contributed by atoms with Crippen LogP contribution < -0.4 is 9.80 Å². The van der Waals surface area contributed by atoms with E-state index in [0.29, 0.717) is 0 Å². The second-order valence-corrected chi connectivity index (χ2v) is 9.10. The molecule has 0 aliphatic carbocycles. The van der Waals surface area contributed by atoms with Gasteiger partial charge >= 0.3 is 0 Å². The normalized spacial score (nSPS) is 19.3. The largest absolute Gasteiger partial charge is 0.370 e. The average Bonchev–Trinajstić information content (AvgIpc) is 3.03. The maximum Gasteiger partial charge on any atom is 0.125 e. The minimum Gasteiger partial charge on any atom is -0.370 e. The van der Waals surface area contributed by atoms with Crippen LogP contribution in [0.15, 0.2) is 72.8 Å². The number of fused-ring (bicyclic) bond motifs is 1. The zero-order valence-corrected chi connectivity index (χ0v) is 19.0. The van der Waals surface area contributed by atoms with Gasteiger partial charge in [0.05, 0.1) is 0 Å². The Kier molecular flexibility index (Phi) is 6.58. The SMILES string of the molecule is Fc1ccc(C2CCCN(CCN3CCN(c4ccccc4)CC3)c3cc(F)ccc32)cc1. The third-order valence-corrected chi connectivity index (χ3v) is 7.08. The topological polar surface area (TPSA) is 9.72 Å². The Morgan fingerprint density at radius 2 is 1.45 bits per heavy atom. The van der Waals surface area contributed by atoms with Gasteiger partial charge in [-0.25, -0.2) is 8.78 Å². The number of nitrogens with zero attached hydrogens (tertiary/aromatic N) is 3. The lowest BCUT2D eigenvalue weighted by atomic mass is 9.87. The van der Waals surface area contributed by atoms with Crippen LogP contribution in [0.1, 0.15) is 29.9 Å². The van der Waals surface area contributed by atoms with Crippen LogP contribution in [0.25, 0.3) is 0 Å². The summed E-state index contributed by atoms with van der Waals surface area (Å²) < 4.78 is 27.8. The van der Waals surface area contributed by atoms with Crippen molar-refractivity contribution >= 4 is 11.4 Å². The van der Waals surface area contributed by atoms with E-state index in [2.05, 4.69) is 45.0 Å². The van der Waals surface area contributed by atoms with E-state index in [4.69, 9.17) is 0 Å². The van der Waals surface area contributed by atoms with E-state index in [-0.39, 0.29) is 17.6 Å². The van der Waals surface area contributed by atoms with Crippen LogP contribution >= 0.6 is 0 Å². The molecule has 3 aromatic carbocycles. The number of halogens is 2. The Bertz CT molecular complexity index is 1050. The molecule has 1 unspecified atom stereocenters. The zero-order chi connectivity index (χ0) is 22.6. The molecule has 3 nitrogen and oxygen atoms in total. The average molecular weight is 448 g/mol. The highest BCUT2D eigenvalue weighted by Crippen LogP contribution is 2.39. The van der Waals surface area contributed by atoms with Gasteiger partial charge in [-0.2, -0.15) is 0 Å². The van der Waals surface area contributed by atoms with Gasteiger partial charge in [0.15, 0.2) is 0 Å². The lowest BCUT2D eigenvalue weighted by Crippen LogP contribution is -2.48. The molecule has 2 aliphatic rings. The summed E-state index contributed by atoms with van der Waals surface area (Å²) in [4.78, 5) is 7.31. The van der Waals surface area contributed by atoms with Crippen LogP contribution in [0.4, 0.5) is 20.2 Å². The van der Waals surface area contributed by atoms with Crippen molar-refractivity contribution in [3.05, 3.63) is 95.6 Å². The van der Waals surface area contributed by atoms with E-state index in [9.17, 15) is 8.78 Å². The number of piperazine rings is 1. The highest BCUT2D eigenvalue weighted by Gasteiger charge is 2.26. The first-order valence-electron chi connectivity index (χ1n) is 12.0. The molecule has 1 atom stereocenters. The molecule has 1 fully saturated rings. The van der Waals surface area contributed by atoms with Gasteiger partial charge in [0.2, 0.25) is 0 Å². The van der Waals surface area contributed by atoms with Crippen molar-refractivity contribution in [2.24, 2.45) is 0 Å². The Morgan fingerprint density at radius 1 is 0.727 bits per heavy atom. The fourth-order valence-corrected chi connectivity index (χ4v) is 5.25. The molecular weight excluding hydrogens is 416 g/mol.